The first-order valence-corrected chi connectivity index (χ1v) is 7.16. The molecule has 14 heavy (non-hydrogen) atoms. The zero-order valence-corrected chi connectivity index (χ0v) is 10.4. The van der Waals surface area contributed by atoms with Crippen LogP contribution >= 0.6 is 23.1 Å². The summed E-state index contributed by atoms with van der Waals surface area (Å²) < 4.78 is 0. The van der Waals surface area contributed by atoms with Crippen LogP contribution < -0.4 is 5.32 Å². The largest absolute Gasteiger partial charge is 0.308 e. The molecule has 1 saturated heterocycles. The SMILES string of the molecule is Cc1ccsc1C1CSCC(C)CN1. The lowest BCUT2D eigenvalue weighted by Gasteiger charge is -2.15. The third-order valence-corrected chi connectivity index (χ3v) is 5.12. The fraction of sp³-hybridized carbons (Fsp3) is 0.636. The zero-order valence-electron chi connectivity index (χ0n) is 8.75. The second kappa shape index (κ2) is 4.69. The van der Waals surface area contributed by atoms with E-state index in [-0.39, 0.29) is 0 Å². The van der Waals surface area contributed by atoms with Gasteiger partial charge in [0.1, 0.15) is 0 Å². The molecule has 2 atom stereocenters. The molecule has 0 amide bonds. The minimum Gasteiger partial charge on any atom is -0.308 e. The molecule has 1 aromatic heterocycles. The number of aryl methyl sites for hydroxylation is 1. The number of thiophene rings is 1. The summed E-state index contributed by atoms with van der Waals surface area (Å²) in [5.41, 5.74) is 1.45. The van der Waals surface area contributed by atoms with Crippen LogP contribution in [0.15, 0.2) is 11.4 Å². The quantitative estimate of drug-likeness (QED) is 0.791. The predicted molar refractivity (Wildman–Crippen MR) is 66.3 cm³/mol. The van der Waals surface area contributed by atoms with Crippen molar-refractivity contribution in [1.29, 1.82) is 0 Å². The van der Waals surface area contributed by atoms with Gasteiger partial charge in [0.15, 0.2) is 0 Å². The van der Waals surface area contributed by atoms with Gasteiger partial charge in [-0.1, -0.05) is 6.92 Å². The van der Waals surface area contributed by atoms with Gasteiger partial charge < -0.3 is 5.32 Å². The Balaban J connectivity index is 2.08. The molecule has 0 radical (unpaired) electrons. The summed E-state index contributed by atoms with van der Waals surface area (Å²) in [5.74, 6) is 3.34. The topological polar surface area (TPSA) is 12.0 Å². The number of hydrogen-bond acceptors (Lipinski definition) is 3. The maximum absolute atomic E-state index is 3.66. The normalized spacial score (nSPS) is 28.7. The molecule has 0 aliphatic carbocycles. The summed E-state index contributed by atoms with van der Waals surface area (Å²) in [5, 5.41) is 5.86. The van der Waals surface area contributed by atoms with Crippen molar-refractivity contribution >= 4 is 23.1 Å². The van der Waals surface area contributed by atoms with E-state index in [9.17, 15) is 0 Å². The molecule has 1 N–H and O–H groups in total. The third-order valence-electron chi connectivity index (χ3n) is 2.62. The second-order valence-corrected chi connectivity index (χ2v) is 6.09. The maximum atomic E-state index is 3.66. The lowest BCUT2D eigenvalue weighted by atomic mass is 10.1. The number of hydrogen-bond donors (Lipinski definition) is 1. The van der Waals surface area contributed by atoms with Gasteiger partial charge >= 0.3 is 0 Å². The first-order chi connectivity index (χ1) is 6.77. The van der Waals surface area contributed by atoms with Crippen LogP contribution in [0.3, 0.4) is 0 Å². The molecule has 0 saturated carbocycles. The Hall–Kier alpha value is 0.01000. The summed E-state index contributed by atoms with van der Waals surface area (Å²) in [6.45, 7) is 5.70. The van der Waals surface area contributed by atoms with Crippen LogP contribution in [-0.2, 0) is 0 Å². The molecule has 3 heteroatoms. The van der Waals surface area contributed by atoms with E-state index >= 15 is 0 Å². The predicted octanol–water partition coefficient (Wildman–Crippen LogP) is 3.07. The Bertz CT molecular complexity index is 295. The number of rotatable bonds is 1. The van der Waals surface area contributed by atoms with Crippen molar-refractivity contribution in [3.8, 4) is 0 Å². The smallest absolute Gasteiger partial charge is 0.0509 e. The van der Waals surface area contributed by atoms with Gasteiger partial charge in [-0.2, -0.15) is 11.8 Å². The molecule has 1 nitrogen and oxygen atoms in total. The molecule has 2 unspecified atom stereocenters. The van der Waals surface area contributed by atoms with E-state index in [0.717, 1.165) is 12.5 Å². The summed E-state index contributed by atoms with van der Waals surface area (Å²) in [4.78, 5) is 1.53. The minimum absolute atomic E-state index is 0.588. The number of nitrogens with one attached hydrogen (secondary N) is 1. The minimum atomic E-state index is 0.588. The summed E-state index contributed by atoms with van der Waals surface area (Å²) >= 11 is 3.97. The van der Waals surface area contributed by atoms with Gasteiger partial charge in [0.05, 0.1) is 6.04 Å². The summed E-state index contributed by atoms with van der Waals surface area (Å²) in [6.07, 6.45) is 0. The van der Waals surface area contributed by atoms with Gasteiger partial charge in [-0.25, -0.2) is 0 Å². The maximum Gasteiger partial charge on any atom is 0.0509 e. The first kappa shape index (κ1) is 10.5. The van der Waals surface area contributed by atoms with E-state index in [0.29, 0.717) is 6.04 Å². The van der Waals surface area contributed by atoms with Crippen molar-refractivity contribution in [2.45, 2.75) is 19.9 Å². The molecule has 0 bridgehead atoms. The Kier molecular flexibility index (Phi) is 3.52. The molecular formula is C11H17NS2. The lowest BCUT2D eigenvalue weighted by molar-refractivity contribution is 0.521. The van der Waals surface area contributed by atoms with Gasteiger partial charge in [0, 0.05) is 10.6 Å². The number of thioether (sulfide) groups is 1. The standard InChI is InChI=1S/C11H17NS2/c1-8-5-12-10(7-13-6-8)11-9(2)3-4-14-11/h3-4,8,10,12H,5-7H2,1-2H3. The van der Waals surface area contributed by atoms with Crippen LogP contribution in [0.4, 0.5) is 0 Å². The van der Waals surface area contributed by atoms with E-state index in [2.05, 4.69) is 42.4 Å². The van der Waals surface area contributed by atoms with Crippen molar-refractivity contribution in [2.75, 3.05) is 18.1 Å². The van der Waals surface area contributed by atoms with E-state index in [4.69, 9.17) is 0 Å². The first-order valence-electron chi connectivity index (χ1n) is 5.12. The average Bonchev–Trinajstić information content (AvgIpc) is 2.46. The van der Waals surface area contributed by atoms with Crippen LogP contribution in [0.1, 0.15) is 23.4 Å². The molecule has 2 heterocycles. The molecule has 2 rings (SSSR count). The van der Waals surface area contributed by atoms with Crippen LogP contribution in [0, 0.1) is 12.8 Å². The average molecular weight is 227 g/mol. The van der Waals surface area contributed by atoms with E-state index in [1.165, 1.54) is 21.9 Å². The van der Waals surface area contributed by atoms with Crippen LogP contribution in [0.5, 0.6) is 0 Å². The highest BCUT2D eigenvalue weighted by Crippen LogP contribution is 2.29. The van der Waals surface area contributed by atoms with Gasteiger partial charge in [0.25, 0.3) is 0 Å². The van der Waals surface area contributed by atoms with E-state index in [1.54, 1.807) is 0 Å². The fourth-order valence-electron chi connectivity index (χ4n) is 1.76. The molecule has 1 fully saturated rings. The molecule has 1 aromatic rings. The Morgan fingerprint density at radius 1 is 1.43 bits per heavy atom. The van der Waals surface area contributed by atoms with Crippen LogP contribution in [0.2, 0.25) is 0 Å². The molecule has 78 valence electrons. The lowest BCUT2D eigenvalue weighted by Crippen LogP contribution is -2.25. The Morgan fingerprint density at radius 3 is 3.00 bits per heavy atom. The fourth-order valence-corrected chi connectivity index (χ4v) is 4.04. The van der Waals surface area contributed by atoms with Gasteiger partial charge in [-0.3, -0.25) is 0 Å². The summed E-state index contributed by atoms with van der Waals surface area (Å²) in [6, 6.07) is 2.81. The van der Waals surface area contributed by atoms with Gasteiger partial charge in [-0.05, 0) is 42.1 Å². The van der Waals surface area contributed by atoms with Crippen LogP contribution in [0.25, 0.3) is 0 Å². The molecule has 1 aliphatic rings. The highest BCUT2D eigenvalue weighted by molar-refractivity contribution is 7.99. The van der Waals surface area contributed by atoms with Crippen molar-refractivity contribution in [3.05, 3.63) is 21.9 Å². The van der Waals surface area contributed by atoms with Gasteiger partial charge in [-0.15, -0.1) is 11.3 Å². The highest BCUT2D eigenvalue weighted by atomic mass is 32.2. The molecule has 0 aromatic carbocycles. The molecule has 0 spiro atoms. The zero-order chi connectivity index (χ0) is 9.97. The summed E-state index contributed by atoms with van der Waals surface area (Å²) in [7, 11) is 0. The van der Waals surface area contributed by atoms with E-state index < -0.39 is 0 Å². The van der Waals surface area contributed by atoms with Crippen LogP contribution in [-0.4, -0.2) is 18.1 Å². The van der Waals surface area contributed by atoms with Gasteiger partial charge in [0.2, 0.25) is 0 Å². The molecule has 1 aliphatic heterocycles. The Morgan fingerprint density at radius 2 is 2.29 bits per heavy atom. The van der Waals surface area contributed by atoms with E-state index in [1.807, 2.05) is 11.3 Å². The molecular weight excluding hydrogens is 210 g/mol. The third kappa shape index (κ3) is 2.33. The second-order valence-electron chi connectivity index (χ2n) is 4.07. The van der Waals surface area contributed by atoms with Crippen molar-refractivity contribution in [1.82, 2.24) is 5.32 Å². The highest BCUT2D eigenvalue weighted by Gasteiger charge is 2.19. The van der Waals surface area contributed by atoms with Crippen molar-refractivity contribution < 1.29 is 0 Å². The van der Waals surface area contributed by atoms with Crippen molar-refractivity contribution in [3.63, 3.8) is 0 Å². The van der Waals surface area contributed by atoms with Crippen molar-refractivity contribution in [2.24, 2.45) is 5.92 Å². The Labute approximate surface area is 94.3 Å². The monoisotopic (exact) mass is 227 g/mol.